The third kappa shape index (κ3) is 4.68. The molecule has 0 spiro atoms. The quantitative estimate of drug-likeness (QED) is 0.496. The van der Waals surface area contributed by atoms with Crippen LogP contribution in [0.4, 0.5) is 0 Å². The molecule has 0 aromatic rings. The Bertz CT molecular complexity index is 17.1. The summed E-state index contributed by atoms with van der Waals surface area (Å²) in [6.45, 7) is 2.60. The molecule has 0 fully saturated rings. The number of halogens is 1. The van der Waals surface area contributed by atoms with Gasteiger partial charge < -0.3 is 4.52 Å². The van der Waals surface area contributed by atoms with Crippen LogP contribution in [0, 0.1) is 0 Å². The molecule has 0 atom stereocenters. The van der Waals surface area contributed by atoms with Gasteiger partial charge in [0.1, 0.15) is 0 Å². The zero-order valence-corrected chi connectivity index (χ0v) is 4.59. The first-order valence-corrected chi connectivity index (χ1v) is 3.06. The second kappa shape index (κ2) is 4.68. The molecule has 0 amide bonds. The van der Waals surface area contributed by atoms with Gasteiger partial charge in [-0.1, -0.05) is 11.2 Å². The fraction of sp³-hybridized carbons (Fsp3) is 1.00. The summed E-state index contributed by atoms with van der Waals surface area (Å²) in [6.07, 6.45) is 0. The first-order valence-electron chi connectivity index (χ1n) is 1.35. The van der Waals surface area contributed by atoms with Gasteiger partial charge in [0.05, 0.1) is 6.61 Å². The van der Waals surface area contributed by atoms with E-state index in [9.17, 15) is 0 Å². The summed E-state index contributed by atoms with van der Waals surface area (Å²) in [6, 6.07) is 0. The van der Waals surface area contributed by atoms with Crippen molar-refractivity contribution in [2.45, 2.75) is 6.92 Å². The van der Waals surface area contributed by atoms with E-state index in [4.69, 9.17) is 11.2 Å². The molecule has 0 aromatic carbocycles. The SMILES string of the molecule is CCO[P]Cl. The molecule has 0 N–H and O–H groups in total. The second-order valence-electron chi connectivity index (χ2n) is 0.487. The monoisotopic (exact) mass is 111 g/mol. The van der Waals surface area contributed by atoms with Gasteiger partial charge in [-0.15, -0.1) is 0 Å². The fourth-order valence-electron chi connectivity index (χ4n) is 0.0488. The Balaban J connectivity index is 2.19. The summed E-state index contributed by atoms with van der Waals surface area (Å²) < 4.78 is 4.57. The minimum Gasteiger partial charge on any atom is -0.338 e. The predicted octanol–water partition coefficient (Wildman–Crippen LogP) is 2.04. The highest BCUT2D eigenvalue weighted by Gasteiger charge is 1.69. The minimum atomic E-state index is 0.502. The smallest absolute Gasteiger partial charge is 0.194 e. The van der Waals surface area contributed by atoms with E-state index in [1.54, 1.807) is 0 Å². The average Bonchev–Trinajstić information content (AvgIpc) is 1.41. The highest BCUT2D eigenvalue weighted by molar-refractivity contribution is 7.64. The lowest BCUT2D eigenvalue weighted by molar-refractivity contribution is 0.396. The molecular weight excluding hydrogens is 106 g/mol. The van der Waals surface area contributed by atoms with Gasteiger partial charge in [-0.2, -0.15) is 0 Å². The van der Waals surface area contributed by atoms with E-state index < -0.39 is 0 Å². The molecule has 0 saturated carbocycles. The van der Waals surface area contributed by atoms with Gasteiger partial charge in [-0.3, -0.25) is 0 Å². The summed E-state index contributed by atoms with van der Waals surface area (Å²) in [5.74, 6) is 0. The minimum absolute atomic E-state index is 0.502. The lowest BCUT2D eigenvalue weighted by Gasteiger charge is -1.81. The fourth-order valence-corrected chi connectivity index (χ4v) is 0.439. The number of rotatable bonds is 2. The maximum atomic E-state index is 5.05. The maximum Gasteiger partial charge on any atom is 0.194 e. The topological polar surface area (TPSA) is 9.23 Å². The van der Waals surface area contributed by atoms with Crippen molar-refractivity contribution in [3.8, 4) is 0 Å². The van der Waals surface area contributed by atoms with Crippen LogP contribution in [0.2, 0.25) is 0 Å². The average molecular weight is 111 g/mol. The van der Waals surface area contributed by atoms with E-state index in [0.29, 0.717) is 14.8 Å². The van der Waals surface area contributed by atoms with Crippen LogP contribution in [0.15, 0.2) is 0 Å². The Morgan fingerprint density at radius 2 is 2.60 bits per heavy atom. The zero-order valence-electron chi connectivity index (χ0n) is 2.94. The van der Waals surface area contributed by atoms with E-state index in [1.165, 1.54) is 0 Å². The van der Waals surface area contributed by atoms with Gasteiger partial charge in [-0.25, -0.2) is 0 Å². The Kier molecular flexibility index (Phi) is 5.32. The molecule has 31 valence electrons. The number of hydrogen-bond donors (Lipinski definition) is 0. The molecule has 0 aliphatic heterocycles. The summed E-state index contributed by atoms with van der Waals surface area (Å²) in [5, 5.41) is 0. The van der Waals surface area contributed by atoms with Crippen molar-refractivity contribution in [1.29, 1.82) is 0 Å². The molecule has 0 aliphatic rings. The summed E-state index contributed by atoms with van der Waals surface area (Å²) >= 11 is 5.05. The van der Waals surface area contributed by atoms with Crippen molar-refractivity contribution in [1.82, 2.24) is 0 Å². The summed E-state index contributed by atoms with van der Waals surface area (Å²) in [7, 11) is 0.502. The third-order valence-electron chi connectivity index (χ3n) is 0.178. The molecule has 0 rings (SSSR count). The molecule has 0 saturated heterocycles. The van der Waals surface area contributed by atoms with Crippen molar-refractivity contribution in [2.24, 2.45) is 0 Å². The zero-order chi connectivity index (χ0) is 4.12. The first-order chi connectivity index (χ1) is 2.41. The standard InChI is InChI=1S/C2H5ClOP/c1-2-4-5-3/h2H2,1H3. The Labute approximate surface area is 38.3 Å². The van der Waals surface area contributed by atoms with Gasteiger partial charge in [0.15, 0.2) is 8.16 Å². The third-order valence-corrected chi connectivity index (χ3v) is 0.826. The molecule has 0 aromatic heterocycles. The molecular formula is C2H5ClOP. The highest BCUT2D eigenvalue weighted by Crippen LogP contribution is 2.15. The van der Waals surface area contributed by atoms with Crippen molar-refractivity contribution < 1.29 is 4.52 Å². The Hall–Kier alpha value is 0.680. The van der Waals surface area contributed by atoms with Gasteiger partial charge in [0, 0.05) is 0 Å². The lowest BCUT2D eigenvalue weighted by Crippen LogP contribution is -1.66. The van der Waals surface area contributed by atoms with Crippen LogP contribution in [0.5, 0.6) is 0 Å². The van der Waals surface area contributed by atoms with E-state index >= 15 is 0 Å². The van der Waals surface area contributed by atoms with E-state index in [2.05, 4.69) is 4.52 Å². The first kappa shape index (κ1) is 5.68. The van der Waals surface area contributed by atoms with E-state index in [-0.39, 0.29) is 0 Å². The van der Waals surface area contributed by atoms with Crippen molar-refractivity contribution >= 4 is 19.4 Å². The molecule has 0 aliphatic carbocycles. The molecule has 0 heterocycles. The van der Waals surface area contributed by atoms with Crippen LogP contribution < -0.4 is 0 Å². The van der Waals surface area contributed by atoms with Crippen LogP contribution >= 0.6 is 19.4 Å². The molecule has 5 heavy (non-hydrogen) atoms. The number of hydrogen-bond acceptors (Lipinski definition) is 1. The summed E-state index contributed by atoms with van der Waals surface area (Å²) in [4.78, 5) is 0. The van der Waals surface area contributed by atoms with Crippen LogP contribution in [-0.2, 0) is 4.52 Å². The van der Waals surface area contributed by atoms with Crippen molar-refractivity contribution in [2.75, 3.05) is 6.61 Å². The van der Waals surface area contributed by atoms with Gasteiger partial charge in [0.2, 0.25) is 0 Å². The van der Waals surface area contributed by atoms with E-state index in [0.717, 1.165) is 0 Å². The van der Waals surface area contributed by atoms with Gasteiger partial charge in [0.25, 0.3) is 0 Å². The second-order valence-corrected chi connectivity index (χ2v) is 1.30. The summed E-state index contributed by atoms with van der Waals surface area (Å²) in [5.41, 5.74) is 0. The maximum absolute atomic E-state index is 5.05. The van der Waals surface area contributed by atoms with E-state index in [1.807, 2.05) is 6.92 Å². The van der Waals surface area contributed by atoms with Crippen LogP contribution in [0.1, 0.15) is 6.92 Å². The van der Waals surface area contributed by atoms with Crippen LogP contribution in [0.25, 0.3) is 0 Å². The normalized spacial score (nSPS) is 10.8. The highest BCUT2D eigenvalue weighted by atomic mass is 35.7. The van der Waals surface area contributed by atoms with Crippen LogP contribution in [-0.4, -0.2) is 6.61 Å². The Morgan fingerprint density at radius 3 is 2.60 bits per heavy atom. The molecule has 0 unspecified atom stereocenters. The van der Waals surface area contributed by atoms with Gasteiger partial charge >= 0.3 is 0 Å². The van der Waals surface area contributed by atoms with Gasteiger partial charge in [-0.05, 0) is 6.92 Å². The predicted molar refractivity (Wildman–Crippen MR) is 24.4 cm³/mol. The Morgan fingerprint density at radius 1 is 2.00 bits per heavy atom. The van der Waals surface area contributed by atoms with Crippen LogP contribution in [0.3, 0.4) is 0 Å². The largest absolute Gasteiger partial charge is 0.338 e. The molecule has 0 bridgehead atoms. The van der Waals surface area contributed by atoms with Crippen molar-refractivity contribution in [3.05, 3.63) is 0 Å². The molecule has 3 heteroatoms. The van der Waals surface area contributed by atoms with Crippen molar-refractivity contribution in [3.63, 3.8) is 0 Å². The lowest BCUT2D eigenvalue weighted by atomic mass is 10.9. The molecule has 1 radical (unpaired) electrons. The molecule has 1 nitrogen and oxygen atoms in total.